The van der Waals surface area contributed by atoms with Crippen molar-refractivity contribution in [2.45, 2.75) is 72.3 Å². The lowest BCUT2D eigenvalue weighted by atomic mass is 9.92. The monoisotopic (exact) mass is 279 g/mol. The van der Waals surface area contributed by atoms with Crippen molar-refractivity contribution in [3.05, 3.63) is 34.6 Å². The molecule has 0 bridgehead atoms. The molecule has 0 saturated heterocycles. The highest BCUT2D eigenvalue weighted by Gasteiger charge is 2.16. The molecular formula is C18H30FN. The topological polar surface area (TPSA) is 12.0 Å². The third-order valence-electron chi connectivity index (χ3n) is 3.89. The van der Waals surface area contributed by atoms with Gasteiger partial charge in [-0.1, -0.05) is 39.5 Å². The maximum atomic E-state index is 13.5. The Morgan fingerprint density at radius 1 is 1.00 bits per heavy atom. The molecule has 0 amide bonds. The number of hydrogen-bond acceptors (Lipinski definition) is 1. The van der Waals surface area contributed by atoms with Crippen molar-refractivity contribution in [1.82, 2.24) is 5.32 Å². The van der Waals surface area contributed by atoms with Crippen LogP contribution in [0.2, 0.25) is 0 Å². The van der Waals surface area contributed by atoms with Crippen LogP contribution in [0.5, 0.6) is 0 Å². The van der Waals surface area contributed by atoms with Gasteiger partial charge in [0, 0.05) is 6.04 Å². The van der Waals surface area contributed by atoms with E-state index in [0.717, 1.165) is 30.5 Å². The van der Waals surface area contributed by atoms with Crippen LogP contribution in [-0.4, -0.2) is 6.54 Å². The molecule has 1 atom stereocenters. The summed E-state index contributed by atoms with van der Waals surface area (Å²) in [7, 11) is 0. The summed E-state index contributed by atoms with van der Waals surface area (Å²) in [5.74, 6) is -0.121. The third kappa shape index (κ3) is 5.24. The molecule has 1 unspecified atom stereocenters. The molecule has 114 valence electrons. The summed E-state index contributed by atoms with van der Waals surface area (Å²) < 4.78 is 13.5. The summed E-state index contributed by atoms with van der Waals surface area (Å²) in [6, 6.07) is 3.69. The molecule has 0 aromatic heterocycles. The number of benzene rings is 1. The minimum absolute atomic E-state index is 0.121. The zero-order valence-corrected chi connectivity index (χ0v) is 13.6. The first-order valence-corrected chi connectivity index (χ1v) is 8.10. The third-order valence-corrected chi connectivity index (χ3v) is 3.89. The van der Waals surface area contributed by atoms with Crippen molar-refractivity contribution in [2.24, 2.45) is 0 Å². The molecule has 0 heterocycles. The fourth-order valence-corrected chi connectivity index (χ4v) is 2.91. The number of rotatable bonds is 9. The average Bonchev–Trinajstić information content (AvgIpc) is 2.38. The van der Waals surface area contributed by atoms with Gasteiger partial charge in [-0.25, -0.2) is 4.39 Å². The maximum absolute atomic E-state index is 13.5. The number of hydrogen-bond donors (Lipinski definition) is 1. The Morgan fingerprint density at radius 2 is 1.65 bits per heavy atom. The molecule has 20 heavy (non-hydrogen) atoms. The maximum Gasteiger partial charge on any atom is 0.123 e. The molecule has 1 aromatic rings. The van der Waals surface area contributed by atoms with Crippen LogP contribution < -0.4 is 5.32 Å². The zero-order valence-electron chi connectivity index (χ0n) is 13.6. The summed E-state index contributed by atoms with van der Waals surface area (Å²) in [4.78, 5) is 0. The van der Waals surface area contributed by atoms with E-state index in [2.05, 4.69) is 19.2 Å². The molecule has 1 rings (SSSR count). The van der Waals surface area contributed by atoms with Gasteiger partial charge in [0.15, 0.2) is 0 Å². The van der Waals surface area contributed by atoms with Crippen molar-refractivity contribution in [2.75, 3.05) is 6.54 Å². The van der Waals surface area contributed by atoms with Gasteiger partial charge in [-0.05, 0) is 62.1 Å². The highest BCUT2D eigenvalue weighted by molar-refractivity contribution is 5.36. The van der Waals surface area contributed by atoms with E-state index >= 15 is 0 Å². The van der Waals surface area contributed by atoms with E-state index in [9.17, 15) is 4.39 Å². The predicted molar refractivity (Wildman–Crippen MR) is 85.7 cm³/mol. The van der Waals surface area contributed by atoms with Crippen LogP contribution in [0.3, 0.4) is 0 Å². The lowest BCUT2D eigenvalue weighted by molar-refractivity contribution is 0.466. The van der Waals surface area contributed by atoms with Crippen LogP contribution in [0.25, 0.3) is 0 Å². The van der Waals surface area contributed by atoms with Gasteiger partial charge < -0.3 is 5.32 Å². The molecule has 0 fully saturated rings. The standard InChI is InChI=1S/C18H30FN/c1-5-7-8-9-10-17(20-11-6-2)18-14(3)12-16(19)13-15(18)4/h12-13,17,20H,5-11H2,1-4H3. The van der Waals surface area contributed by atoms with Crippen molar-refractivity contribution < 1.29 is 4.39 Å². The van der Waals surface area contributed by atoms with Gasteiger partial charge in [-0.2, -0.15) is 0 Å². The van der Waals surface area contributed by atoms with Gasteiger partial charge >= 0.3 is 0 Å². The first-order chi connectivity index (χ1) is 9.60. The minimum atomic E-state index is -0.121. The molecule has 0 spiro atoms. The van der Waals surface area contributed by atoms with Crippen molar-refractivity contribution in [3.8, 4) is 0 Å². The molecule has 0 radical (unpaired) electrons. The second-order valence-electron chi connectivity index (χ2n) is 5.81. The Hall–Kier alpha value is -0.890. The van der Waals surface area contributed by atoms with E-state index in [-0.39, 0.29) is 5.82 Å². The molecule has 1 N–H and O–H groups in total. The Balaban J connectivity index is 2.81. The Bertz CT molecular complexity index is 377. The molecule has 0 aliphatic heterocycles. The largest absolute Gasteiger partial charge is 0.310 e. The fraction of sp³-hybridized carbons (Fsp3) is 0.667. The fourth-order valence-electron chi connectivity index (χ4n) is 2.91. The molecular weight excluding hydrogens is 249 g/mol. The van der Waals surface area contributed by atoms with Crippen molar-refractivity contribution in [1.29, 1.82) is 0 Å². The van der Waals surface area contributed by atoms with Crippen molar-refractivity contribution in [3.63, 3.8) is 0 Å². The smallest absolute Gasteiger partial charge is 0.123 e. The molecule has 0 saturated carbocycles. The second-order valence-corrected chi connectivity index (χ2v) is 5.81. The molecule has 1 nitrogen and oxygen atoms in total. The highest BCUT2D eigenvalue weighted by Crippen LogP contribution is 2.27. The second kappa shape index (κ2) is 9.12. The number of aryl methyl sites for hydroxylation is 2. The van der Waals surface area contributed by atoms with Crippen LogP contribution >= 0.6 is 0 Å². The van der Waals surface area contributed by atoms with Gasteiger partial charge in [-0.15, -0.1) is 0 Å². The number of nitrogens with one attached hydrogen (secondary N) is 1. The summed E-state index contributed by atoms with van der Waals surface area (Å²) in [5, 5.41) is 3.64. The number of unbranched alkanes of at least 4 members (excludes halogenated alkanes) is 3. The number of halogens is 1. The summed E-state index contributed by atoms with van der Waals surface area (Å²) in [6.45, 7) is 9.50. The molecule has 0 aliphatic rings. The predicted octanol–water partition coefficient (Wildman–Crippen LogP) is 5.45. The minimum Gasteiger partial charge on any atom is -0.310 e. The van der Waals surface area contributed by atoms with Gasteiger partial charge in [0.25, 0.3) is 0 Å². The van der Waals surface area contributed by atoms with E-state index in [1.165, 1.54) is 31.2 Å². The van der Waals surface area contributed by atoms with Crippen LogP contribution in [0, 0.1) is 19.7 Å². The van der Waals surface area contributed by atoms with Gasteiger partial charge in [-0.3, -0.25) is 0 Å². The van der Waals surface area contributed by atoms with Crippen molar-refractivity contribution >= 4 is 0 Å². The molecule has 1 aromatic carbocycles. The van der Waals surface area contributed by atoms with Crippen LogP contribution in [0.15, 0.2) is 12.1 Å². The lowest BCUT2D eigenvalue weighted by Crippen LogP contribution is -2.24. The average molecular weight is 279 g/mol. The van der Waals surface area contributed by atoms with Gasteiger partial charge in [0.1, 0.15) is 5.82 Å². The van der Waals surface area contributed by atoms with Gasteiger partial charge in [0.2, 0.25) is 0 Å². The zero-order chi connectivity index (χ0) is 15.0. The van der Waals surface area contributed by atoms with E-state index in [0.29, 0.717) is 6.04 Å². The highest BCUT2D eigenvalue weighted by atomic mass is 19.1. The van der Waals surface area contributed by atoms with E-state index in [1.54, 1.807) is 12.1 Å². The SMILES string of the molecule is CCCCCCC(NCCC)c1c(C)cc(F)cc1C. The normalized spacial score (nSPS) is 12.7. The Labute approximate surface area is 124 Å². The van der Waals surface area contributed by atoms with E-state index in [1.807, 2.05) is 13.8 Å². The Kier molecular flexibility index (Phi) is 7.83. The van der Waals surface area contributed by atoms with Gasteiger partial charge in [0.05, 0.1) is 0 Å². The first-order valence-electron chi connectivity index (χ1n) is 8.10. The van der Waals surface area contributed by atoms with E-state index < -0.39 is 0 Å². The van der Waals surface area contributed by atoms with E-state index in [4.69, 9.17) is 0 Å². The van der Waals surface area contributed by atoms with Crippen LogP contribution in [0.4, 0.5) is 4.39 Å². The summed E-state index contributed by atoms with van der Waals surface area (Å²) in [6.07, 6.45) is 7.38. The van der Waals surface area contributed by atoms with Crippen LogP contribution in [0.1, 0.15) is 75.1 Å². The summed E-state index contributed by atoms with van der Waals surface area (Å²) >= 11 is 0. The molecule has 2 heteroatoms. The lowest BCUT2D eigenvalue weighted by Gasteiger charge is -2.23. The quantitative estimate of drug-likeness (QED) is 0.592. The summed E-state index contributed by atoms with van der Waals surface area (Å²) in [5.41, 5.74) is 3.45. The Morgan fingerprint density at radius 3 is 2.20 bits per heavy atom. The molecule has 0 aliphatic carbocycles. The van der Waals surface area contributed by atoms with Crippen LogP contribution in [-0.2, 0) is 0 Å². The first kappa shape index (κ1) is 17.2.